The molecule has 1 aromatic heterocycles. The molecule has 1 rings (SSSR count). The summed E-state index contributed by atoms with van der Waals surface area (Å²) in [5.41, 5.74) is 5.99. The van der Waals surface area contributed by atoms with E-state index < -0.39 is 5.91 Å². The number of hydrogen-bond donors (Lipinski definition) is 1. The SMILES string of the molecule is COC(Br)c1cccnc1C(N)=O. The molecule has 1 heterocycles. The Morgan fingerprint density at radius 3 is 3.00 bits per heavy atom. The second kappa shape index (κ2) is 4.34. The molecule has 70 valence electrons. The van der Waals surface area contributed by atoms with Crippen LogP contribution in [-0.2, 0) is 4.74 Å². The van der Waals surface area contributed by atoms with Gasteiger partial charge in [0.15, 0.2) is 0 Å². The number of primary amides is 1. The second-order valence-corrected chi connectivity index (χ2v) is 3.19. The molecule has 1 unspecified atom stereocenters. The van der Waals surface area contributed by atoms with Crippen LogP contribution in [0.25, 0.3) is 0 Å². The Balaban J connectivity index is 3.11. The van der Waals surface area contributed by atoms with Crippen molar-refractivity contribution >= 4 is 21.8 Å². The molecule has 0 aliphatic heterocycles. The maximum atomic E-state index is 10.9. The molecule has 2 N–H and O–H groups in total. The van der Waals surface area contributed by atoms with Gasteiger partial charge in [0, 0.05) is 18.9 Å². The van der Waals surface area contributed by atoms with Gasteiger partial charge in [0.1, 0.15) is 10.7 Å². The minimum Gasteiger partial charge on any atom is -0.365 e. The lowest BCUT2D eigenvalue weighted by Gasteiger charge is -2.09. The summed E-state index contributed by atoms with van der Waals surface area (Å²) in [6, 6.07) is 3.45. The van der Waals surface area contributed by atoms with E-state index in [1.807, 2.05) is 0 Å². The first-order valence-electron chi connectivity index (χ1n) is 3.58. The van der Waals surface area contributed by atoms with E-state index in [0.29, 0.717) is 5.56 Å². The fraction of sp³-hybridized carbons (Fsp3) is 0.250. The van der Waals surface area contributed by atoms with Crippen LogP contribution in [0.1, 0.15) is 21.1 Å². The molecule has 13 heavy (non-hydrogen) atoms. The highest BCUT2D eigenvalue weighted by Crippen LogP contribution is 2.24. The summed E-state index contributed by atoms with van der Waals surface area (Å²) < 4.78 is 5.00. The number of hydrogen-bond acceptors (Lipinski definition) is 3. The molecular formula is C8H9BrN2O2. The number of nitrogens with zero attached hydrogens (tertiary/aromatic N) is 1. The number of ether oxygens (including phenoxy) is 1. The van der Waals surface area contributed by atoms with Crippen LogP contribution in [0.5, 0.6) is 0 Å². The summed E-state index contributed by atoms with van der Waals surface area (Å²) in [7, 11) is 1.52. The number of amides is 1. The summed E-state index contributed by atoms with van der Waals surface area (Å²) in [4.78, 5) is 14.8. The van der Waals surface area contributed by atoms with Gasteiger partial charge in [-0.2, -0.15) is 0 Å². The van der Waals surface area contributed by atoms with Crippen molar-refractivity contribution in [1.29, 1.82) is 0 Å². The van der Waals surface area contributed by atoms with E-state index in [0.717, 1.165) is 0 Å². The Kier molecular flexibility index (Phi) is 3.39. The van der Waals surface area contributed by atoms with Gasteiger partial charge in [-0.25, -0.2) is 0 Å². The Labute approximate surface area is 84.2 Å². The molecule has 0 saturated heterocycles. The van der Waals surface area contributed by atoms with Crippen LogP contribution in [0.3, 0.4) is 0 Å². The first-order chi connectivity index (χ1) is 6.16. The molecule has 0 bridgehead atoms. The fourth-order valence-corrected chi connectivity index (χ4v) is 1.30. The van der Waals surface area contributed by atoms with Crippen molar-refractivity contribution in [2.75, 3.05) is 7.11 Å². The number of carbonyl (C=O) groups excluding carboxylic acids is 1. The zero-order valence-electron chi connectivity index (χ0n) is 7.03. The first-order valence-corrected chi connectivity index (χ1v) is 4.50. The average Bonchev–Trinajstić information content (AvgIpc) is 2.16. The highest BCUT2D eigenvalue weighted by molar-refractivity contribution is 9.09. The lowest BCUT2D eigenvalue weighted by molar-refractivity contribution is 0.0990. The van der Waals surface area contributed by atoms with Crippen LogP contribution < -0.4 is 5.73 Å². The predicted octanol–water partition coefficient (Wildman–Crippen LogP) is 1.22. The van der Waals surface area contributed by atoms with Gasteiger partial charge in [-0.3, -0.25) is 9.78 Å². The van der Waals surface area contributed by atoms with E-state index in [-0.39, 0.29) is 10.7 Å². The number of pyridine rings is 1. The molecule has 0 aromatic carbocycles. The Morgan fingerprint density at radius 1 is 1.77 bits per heavy atom. The van der Waals surface area contributed by atoms with Crippen LogP contribution in [0, 0.1) is 0 Å². The van der Waals surface area contributed by atoms with Gasteiger partial charge in [0.05, 0.1) is 0 Å². The van der Waals surface area contributed by atoms with Crippen molar-refractivity contribution in [3.05, 3.63) is 29.6 Å². The standard InChI is InChI=1S/C8H9BrN2O2/c1-13-7(9)5-3-2-4-11-6(5)8(10)12/h2-4,7H,1H3,(H2,10,12). The molecule has 5 heteroatoms. The maximum absolute atomic E-state index is 10.9. The number of methoxy groups -OCH3 is 1. The van der Waals surface area contributed by atoms with Crippen molar-refractivity contribution in [3.8, 4) is 0 Å². The van der Waals surface area contributed by atoms with Gasteiger partial charge in [-0.1, -0.05) is 22.0 Å². The summed E-state index contributed by atoms with van der Waals surface area (Å²) >= 11 is 3.23. The van der Waals surface area contributed by atoms with Gasteiger partial charge in [-0.05, 0) is 6.07 Å². The lowest BCUT2D eigenvalue weighted by Crippen LogP contribution is -2.16. The second-order valence-electron chi connectivity index (χ2n) is 2.36. The summed E-state index contributed by atoms with van der Waals surface area (Å²) in [5.74, 6) is -0.558. The summed E-state index contributed by atoms with van der Waals surface area (Å²) in [6.45, 7) is 0. The van der Waals surface area contributed by atoms with E-state index in [1.54, 1.807) is 12.1 Å². The number of halogens is 1. The van der Waals surface area contributed by atoms with Crippen molar-refractivity contribution in [3.63, 3.8) is 0 Å². The zero-order chi connectivity index (χ0) is 9.84. The third-order valence-corrected chi connectivity index (χ3v) is 2.39. The van der Waals surface area contributed by atoms with E-state index in [1.165, 1.54) is 13.3 Å². The van der Waals surface area contributed by atoms with Gasteiger partial charge in [0.25, 0.3) is 5.91 Å². The van der Waals surface area contributed by atoms with E-state index in [4.69, 9.17) is 10.5 Å². The smallest absolute Gasteiger partial charge is 0.267 e. The third-order valence-electron chi connectivity index (χ3n) is 1.52. The van der Waals surface area contributed by atoms with Gasteiger partial charge < -0.3 is 10.5 Å². The number of rotatable bonds is 3. The van der Waals surface area contributed by atoms with Crippen molar-refractivity contribution in [2.24, 2.45) is 5.73 Å². The molecule has 0 radical (unpaired) electrons. The maximum Gasteiger partial charge on any atom is 0.267 e. The van der Waals surface area contributed by atoms with Crippen molar-refractivity contribution < 1.29 is 9.53 Å². The van der Waals surface area contributed by atoms with E-state index in [2.05, 4.69) is 20.9 Å². The predicted molar refractivity (Wildman–Crippen MR) is 51.4 cm³/mol. The largest absolute Gasteiger partial charge is 0.365 e. The molecule has 0 fully saturated rings. The molecule has 0 aliphatic carbocycles. The minimum absolute atomic E-state index is 0.228. The van der Waals surface area contributed by atoms with Gasteiger partial charge in [-0.15, -0.1) is 0 Å². The Morgan fingerprint density at radius 2 is 2.46 bits per heavy atom. The lowest BCUT2D eigenvalue weighted by atomic mass is 10.2. The molecular weight excluding hydrogens is 236 g/mol. The van der Waals surface area contributed by atoms with E-state index >= 15 is 0 Å². The third kappa shape index (κ3) is 2.26. The van der Waals surface area contributed by atoms with Gasteiger partial charge >= 0.3 is 0 Å². The molecule has 0 aliphatic rings. The summed E-state index contributed by atoms with van der Waals surface area (Å²) in [6.07, 6.45) is 1.51. The highest BCUT2D eigenvalue weighted by atomic mass is 79.9. The normalized spacial score (nSPS) is 12.5. The van der Waals surface area contributed by atoms with Crippen LogP contribution in [0.2, 0.25) is 0 Å². The molecule has 0 spiro atoms. The van der Waals surface area contributed by atoms with E-state index in [9.17, 15) is 4.79 Å². The number of carbonyl (C=O) groups is 1. The first kappa shape index (κ1) is 10.1. The molecule has 1 aromatic rings. The number of aromatic nitrogens is 1. The molecule has 0 saturated carbocycles. The topological polar surface area (TPSA) is 65.2 Å². The van der Waals surface area contributed by atoms with Crippen molar-refractivity contribution in [1.82, 2.24) is 4.98 Å². The van der Waals surface area contributed by atoms with Crippen LogP contribution in [0.15, 0.2) is 18.3 Å². The Bertz CT molecular complexity index is 317. The quantitative estimate of drug-likeness (QED) is 0.814. The average molecular weight is 245 g/mol. The fourth-order valence-electron chi connectivity index (χ4n) is 0.934. The van der Waals surface area contributed by atoms with Crippen LogP contribution in [0.4, 0.5) is 0 Å². The monoisotopic (exact) mass is 244 g/mol. The van der Waals surface area contributed by atoms with Crippen LogP contribution in [-0.4, -0.2) is 18.0 Å². The number of nitrogens with two attached hydrogens (primary N) is 1. The number of alkyl halides is 1. The van der Waals surface area contributed by atoms with Crippen LogP contribution >= 0.6 is 15.9 Å². The van der Waals surface area contributed by atoms with Crippen molar-refractivity contribution in [2.45, 2.75) is 5.01 Å². The highest BCUT2D eigenvalue weighted by Gasteiger charge is 2.15. The van der Waals surface area contributed by atoms with Gasteiger partial charge in [0.2, 0.25) is 0 Å². The molecule has 4 nitrogen and oxygen atoms in total. The minimum atomic E-state index is -0.558. The summed E-state index contributed by atoms with van der Waals surface area (Å²) in [5, 5.41) is -0.358. The Hall–Kier alpha value is -0.940. The molecule has 1 atom stereocenters. The molecule has 1 amide bonds. The zero-order valence-corrected chi connectivity index (χ0v) is 8.61.